The van der Waals surface area contributed by atoms with Crippen molar-refractivity contribution in [3.05, 3.63) is 48.5 Å². The third-order valence-electron chi connectivity index (χ3n) is 2.13. The van der Waals surface area contributed by atoms with Crippen molar-refractivity contribution in [2.24, 2.45) is 0 Å². The van der Waals surface area contributed by atoms with E-state index >= 15 is 0 Å². The van der Waals surface area contributed by atoms with Gasteiger partial charge in [0.25, 0.3) is 0 Å². The van der Waals surface area contributed by atoms with Crippen molar-refractivity contribution in [2.75, 3.05) is 11.5 Å². The third kappa shape index (κ3) is 4.19. The number of nitrogen functional groups attached to an aromatic ring is 2. The molecule has 0 radical (unpaired) electrons. The molecule has 0 aliphatic carbocycles. The summed E-state index contributed by atoms with van der Waals surface area (Å²) in [6.45, 7) is 4.25. The van der Waals surface area contributed by atoms with E-state index in [9.17, 15) is 0 Å². The first-order chi connectivity index (χ1) is 8.17. The third-order valence-corrected chi connectivity index (χ3v) is 2.13. The summed E-state index contributed by atoms with van der Waals surface area (Å²) < 4.78 is 0. The molecule has 2 nitrogen and oxygen atoms in total. The van der Waals surface area contributed by atoms with Crippen molar-refractivity contribution in [3.63, 3.8) is 0 Å². The zero-order valence-electron chi connectivity index (χ0n) is 10.5. The van der Waals surface area contributed by atoms with Crippen LogP contribution < -0.4 is 11.5 Å². The maximum atomic E-state index is 5.70. The maximum Gasteiger partial charge on any atom is 0.0320 e. The van der Waals surface area contributed by atoms with Crippen LogP contribution in [-0.4, -0.2) is 0 Å². The van der Waals surface area contributed by atoms with Crippen molar-refractivity contribution < 1.29 is 0 Å². The van der Waals surface area contributed by atoms with Gasteiger partial charge in [0.1, 0.15) is 0 Å². The van der Waals surface area contributed by atoms with Crippen LogP contribution in [0.3, 0.4) is 0 Å². The fourth-order valence-electron chi connectivity index (χ4n) is 1.39. The Morgan fingerprint density at radius 3 is 1.88 bits per heavy atom. The smallest absolute Gasteiger partial charge is 0.0320 e. The van der Waals surface area contributed by atoms with E-state index < -0.39 is 0 Å². The lowest BCUT2D eigenvalue weighted by molar-refractivity contribution is 1.09. The van der Waals surface area contributed by atoms with Gasteiger partial charge in [0.05, 0.1) is 0 Å². The summed E-state index contributed by atoms with van der Waals surface area (Å²) in [6.07, 6.45) is 1.25. The Balaban J connectivity index is 0.000000437. The van der Waals surface area contributed by atoms with E-state index in [-0.39, 0.29) is 0 Å². The van der Waals surface area contributed by atoms with Crippen molar-refractivity contribution in [3.8, 4) is 11.1 Å². The summed E-state index contributed by atoms with van der Waals surface area (Å²) >= 11 is 0. The highest BCUT2D eigenvalue weighted by atomic mass is 14.5. The SMILES string of the molecule is CCC.Nc1ccc(-c2cccc(N)c2)cc1. The van der Waals surface area contributed by atoms with E-state index in [1.54, 1.807) is 0 Å². The van der Waals surface area contributed by atoms with Crippen LogP contribution in [0.4, 0.5) is 11.4 Å². The molecule has 2 aromatic rings. The van der Waals surface area contributed by atoms with Crippen LogP contribution in [0, 0.1) is 0 Å². The summed E-state index contributed by atoms with van der Waals surface area (Å²) in [5.41, 5.74) is 15.1. The topological polar surface area (TPSA) is 52.0 Å². The first-order valence-electron chi connectivity index (χ1n) is 5.88. The van der Waals surface area contributed by atoms with Crippen LogP contribution in [0.5, 0.6) is 0 Å². The lowest BCUT2D eigenvalue weighted by Crippen LogP contribution is -1.86. The molecule has 0 fully saturated rings. The van der Waals surface area contributed by atoms with E-state index in [2.05, 4.69) is 13.8 Å². The maximum absolute atomic E-state index is 5.70. The Bertz CT molecular complexity index is 447. The highest BCUT2D eigenvalue weighted by molar-refractivity contribution is 5.68. The van der Waals surface area contributed by atoms with Gasteiger partial charge in [0.15, 0.2) is 0 Å². The minimum absolute atomic E-state index is 0.776. The average Bonchev–Trinajstić information content (AvgIpc) is 2.31. The van der Waals surface area contributed by atoms with Crippen LogP contribution in [0.1, 0.15) is 20.3 Å². The molecular weight excluding hydrogens is 208 g/mol. The molecule has 0 heterocycles. The summed E-state index contributed by atoms with van der Waals surface area (Å²) in [6, 6.07) is 15.6. The lowest BCUT2D eigenvalue weighted by atomic mass is 10.1. The summed E-state index contributed by atoms with van der Waals surface area (Å²) in [4.78, 5) is 0. The van der Waals surface area contributed by atoms with Gasteiger partial charge >= 0.3 is 0 Å². The molecule has 0 bridgehead atoms. The first kappa shape index (κ1) is 13.1. The van der Waals surface area contributed by atoms with E-state index in [1.807, 2.05) is 48.5 Å². The molecule has 0 spiro atoms. The van der Waals surface area contributed by atoms with Gasteiger partial charge in [0.2, 0.25) is 0 Å². The van der Waals surface area contributed by atoms with Crippen LogP contribution in [-0.2, 0) is 0 Å². The average molecular weight is 228 g/mol. The summed E-state index contributed by atoms with van der Waals surface area (Å²) in [7, 11) is 0. The fraction of sp³-hybridized carbons (Fsp3) is 0.200. The number of hydrogen-bond donors (Lipinski definition) is 2. The summed E-state index contributed by atoms with van der Waals surface area (Å²) in [5.74, 6) is 0. The molecule has 17 heavy (non-hydrogen) atoms. The zero-order valence-corrected chi connectivity index (χ0v) is 10.5. The molecule has 0 aromatic heterocycles. The quantitative estimate of drug-likeness (QED) is 0.726. The van der Waals surface area contributed by atoms with Crippen molar-refractivity contribution >= 4 is 11.4 Å². The van der Waals surface area contributed by atoms with Gasteiger partial charge in [-0.15, -0.1) is 0 Å². The fourth-order valence-corrected chi connectivity index (χ4v) is 1.39. The number of anilines is 2. The van der Waals surface area contributed by atoms with Crippen LogP contribution in [0.25, 0.3) is 11.1 Å². The molecular formula is C15H20N2. The molecule has 4 N–H and O–H groups in total. The molecule has 90 valence electrons. The number of benzene rings is 2. The number of hydrogen-bond acceptors (Lipinski definition) is 2. The van der Waals surface area contributed by atoms with Crippen LogP contribution in [0.2, 0.25) is 0 Å². The van der Waals surface area contributed by atoms with Gasteiger partial charge < -0.3 is 11.5 Å². The van der Waals surface area contributed by atoms with Gasteiger partial charge in [-0.2, -0.15) is 0 Å². The monoisotopic (exact) mass is 228 g/mol. The van der Waals surface area contributed by atoms with Crippen molar-refractivity contribution in [1.82, 2.24) is 0 Å². The molecule has 0 atom stereocenters. The Hall–Kier alpha value is -1.96. The largest absolute Gasteiger partial charge is 0.399 e. The molecule has 2 heteroatoms. The second-order valence-electron chi connectivity index (χ2n) is 3.95. The van der Waals surface area contributed by atoms with Gasteiger partial charge in [0, 0.05) is 11.4 Å². The van der Waals surface area contributed by atoms with E-state index in [1.165, 1.54) is 6.42 Å². The van der Waals surface area contributed by atoms with Crippen molar-refractivity contribution in [2.45, 2.75) is 20.3 Å². The number of nitrogens with two attached hydrogens (primary N) is 2. The minimum atomic E-state index is 0.776. The van der Waals surface area contributed by atoms with E-state index in [0.717, 1.165) is 22.5 Å². The molecule has 0 aliphatic heterocycles. The Kier molecular flexibility index (Phi) is 5.08. The highest BCUT2D eigenvalue weighted by Gasteiger charge is 1.96. The second kappa shape index (κ2) is 6.59. The predicted molar refractivity (Wildman–Crippen MR) is 76.7 cm³/mol. The van der Waals surface area contributed by atoms with Gasteiger partial charge in [-0.1, -0.05) is 44.5 Å². The molecule has 0 saturated heterocycles. The van der Waals surface area contributed by atoms with Gasteiger partial charge in [-0.25, -0.2) is 0 Å². The predicted octanol–water partition coefficient (Wildman–Crippen LogP) is 3.93. The summed E-state index contributed by atoms with van der Waals surface area (Å²) in [5, 5.41) is 0. The Labute approximate surface area is 103 Å². The lowest BCUT2D eigenvalue weighted by Gasteiger charge is -2.02. The molecule has 0 saturated carbocycles. The Morgan fingerprint density at radius 2 is 1.35 bits per heavy atom. The van der Waals surface area contributed by atoms with E-state index in [0.29, 0.717) is 0 Å². The standard InChI is InChI=1S/C12H12N2.C3H8/c13-11-6-4-9(5-7-11)10-2-1-3-12(14)8-10;1-3-2/h1-8H,13-14H2;3H2,1-2H3. The molecule has 2 rings (SSSR count). The highest BCUT2D eigenvalue weighted by Crippen LogP contribution is 2.22. The molecule has 0 aliphatic rings. The van der Waals surface area contributed by atoms with E-state index in [4.69, 9.17) is 11.5 Å². The van der Waals surface area contributed by atoms with Gasteiger partial charge in [-0.3, -0.25) is 0 Å². The second-order valence-corrected chi connectivity index (χ2v) is 3.95. The van der Waals surface area contributed by atoms with Gasteiger partial charge in [-0.05, 0) is 35.4 Å². The zero-order chi connectivity index (χ0) is 12.7. The minimum Gasteiger partial charge on any atom is -0.399 e. The number of rotatable bonds is 1. The molecule has 0 unspecified atom stereocenters. The Morgan fingerprint density at radius 1 is 0.765 bits per heavy atom. The van der Waals surface area contributed by atoms with Crippen LogP contribution in [0.15, 0.2) is 48.5 Å². The molecule has 2 aromatic carbocycles. The van der Waals surface area contributed by atoms with Crippen molar-refractivity contribution in [1.29, 1.82) is 0 Å². The normalized spacial score (nSPS) is 9.29. The first-order valence-corrected chi connectivity index (χ1v) is 5.88. The molecule has 0 amide bonds. The van der Waals surface area contributed by atoms with Crippen LogP contribution >= 0.6 is 0 Å².